The standard InChI is InChI=1S/C20H23F2N3O4/c21-15(22)9-25-6-5-18-10-19(16(27)23-17(28)24-19)3-4-20(18,29)14(25)7-11-1-2-12(26)8-13(11)18/h1-2,8,14-15,26,29H,3-7,9-10H2,(H2,23,24,27,28)/t14-,18-,19+,20-/m1/s1. The number of rotatable bonds is 2. The highest BCUT2D eigenvalue weighted by atomic mass is 19.3. The zero-order valence-corrected chi connectivity index (χ0v) is 15.8. The van der Waals surface area contributed by atoms with Crippen molar-refractivity contribution in [3.63, 3.8) is 0 Å². The molecule has 7 nitrogen and oxygen atoms in total. The van der Waals surface area contributed by atoms with Crippen molar-refractivity contribution in [1.82, 2.24) is 15.5 Å². The van der Waals surface area contributed by atoms with Crippen molar-refractivity contribution in [1.29, 1.82) is 0 Å². The fourth-order valence-corrected chi connectivity index (χ4v) is 6.36. The molecule has 2 heterocycles. The van der Waals surface area contributed by atoms with Crippen LogP contribution >= 0.6 is 0 Å². The number of carbonyl (C=O) groups excluding carboxylic acids is 2. The Morgan fingerprint density at radius 1 is 1.24 bits per heavy atom. The molecule has 4 atom stereocenters. The molecule has 1 saturated carbocycles. The van der Waals surface area contributed by atoms with Crippen LogP contribution in [0.5, 0.6) is 5.75 Å². The second kappa shape index (κ2) is 5.89. The maximum Gasteiger partial charge on any atom is 0.322 e. The van der Waals surface area contributed by atoms with E-state index >= 15 is 0 Å². The Morgan fingerprint density at radius 3 is 2.72 bits per heavy atom. The van der Waals surface area contributed by atoms with Crippen LogP contribution in [0.15, 0.2) is 18.2 Å². The minimum Gasteiger partial charge on any atom is -0.508 e. The number of likely N-dealkylation sites (tertiary alicyclic amines) is 1. The molecular weight excluding hydrogens is 384 g/mol. The number of phenols is 1. The lowest BCUT2D eigenvalue weighted by Gasteiger charge is -2.65. The van der Waals surface area contributed by atoms with E-state index in [2.05, 4.69) is 10.6 Å². The highest BCUT2D eigenvalue weighted by Gasteiger charge is 2.69. The van der Waals surface area contributed by atoms with E-state index in [-0.39, 0.29) is 25.0 Å². The van der Waals surface area contributed by atoms with Crippen LogP contribution in [0, 0.1) is 0 Å². The first kappa shape index (κ1) is 18.7. The number of amides is 3. The molecule has 1 aromatic carbocycles. The van der Waals surface area contributed by atoms with E-state index in [9.17, 15) is 28.6 Å². The molecule has 4 N–H and O–H groups in total. The molecule has 2 bridgehead atoms. The van der Waals surface area contributed by atoms with Gasteiger partial charge in [-0.1, -0.05) is 6.07 Å². The summed E-state index contributed by atoms with van der Waals surface area (Å²) in [5.41, 5.74) is -1.77. The Hall–Kier alpha value is -2.26. The van der Waals surface area contributed by atoms with E-state index in [1.165, 1.54) is 0 Å². The minimum atomic E-state index is -2.51. The van der Waals surface area contributed by atoms with Gasteiger partial charge in [-0.3, -0.25) is 15.0 Å². The van der Waals surface area contributed by atoms with Crippen molar-refractivity contribution in [2.45, 2.75) is 61.1 Å². The van der Waals surface area contributed by atoms with Gasteiger partial charge in [0.25, 0.3) is 12.3 Å². The lowest BCUT2D eigenvalue weighted by Crippen LogP contribution is -2.76. The van der Waals surface area contributed by atoms with E-state index in [4.69, 9.17) is 0 Å². The van der Waals surface area contributed by atoms with Crippen LogP contribution in [0.25, 0.3) is 0 Å². The predicted molar refractivity (Wildman–Crippen MR) is 97.7 cm³/mol. The molecule has 156 valence electrons. The summed E-state index contributed by atoms with van der Waals surface area (Å²) in [7, 11) is 0. The fraction of sp³-hybridized carbons (Fsp3) is 0.600. The fourth-order valence-electron chi connectivity index (χ4n) is 6.36. The summed E-state index contributed by atoms with van der Waals surface area (Å²) in [6, 6.07) is 3.86. The highest BCUT2D eigenvalue weighted by molar-refractivity contribution is 6.07. The molecule has 3 fully saturated rings. The molecule has 0 radical (unpaired) electrons. The van der Waals surface area contributed by atoms with Crippen LogP contribution in [0.3, 0.4) is 0 Å². The van der Waals surface area contributed by atoms with E-state index < -0.39 is 47.5 Å². The van der Waals surface area contributed by atoms with Gasteiger partial charge >= 0.3 is 6.03 Å². The number of alkyl halides is 2. The quantitative estimate of drug-likeness (QED) is 0.549. The molecule has 9 heteroatoms. The Kier molecular flexibility index (Phi) is 3.80. The maximum absolute atomic E-state index is 13.2. The number of carbonyl (C=O) groups is 2. The number of nitrogens with one attached hydrogen (secondary N) is 2. The van der Waals surface area contributed by atoms with Crippen LogP contribution in [0.2, 0.25) is 0 Å². The van der Waals surface area contributed by atoms with Gasteiger partial charge in [-0.05, 0) is 61.9 Å². The lowest BCUT2D eigenvalue weighted by molar-refractivity contribution is -0.184. The summed E-state index contributed by atoms with van der Waals surface area (Å²) in [6.07, 6.45) is -1.16. The molecule has 2 aliphatic heterocycles. The molecule has 0 aromatic heterocycles. The smallest absolute Gasteiger partial charge is 0.322 e. The number of imide groups is 1. The Balaban J connectivity index is 1.66. The number of nitrogens with zero attached hydrogens (tertiary/aromatic N) is 1. The molecule has 5 rings (SSSR count). The number of aromatic hydroxyl groups is 1. The summed E-state index contributed by atoms with van der Waals surface area (Å²) >= 11 is 0. The number of benzene rings is 1. The van der Waals surface area contributed by atoms with Gasteiger partial charge in [0.15, 0.2) is 0 Å². The van der Waals surface area contributed by atoms with Gasteiger partial charge in [0.2, 0.25) is 0 Å². The first-order chi connectivity index (χ1) is 13.7. The third-order valence-corrected chi connectivity index (χ3v) is 7.59. The summed E-state index contributed by atoms with van der Waals surface area (Å²) < 4.78 is 26.4. The zero-order chi connectivity index (χ0) is 20.6. The molecule has 2 saturated heterocycles. The molecular formula is C20H23F2N3O4. The van der Waals surface area contributed by atoms with E-state index in [0.717, 1.165) is 11.1 Å². The number of urea groups is 1. The van der Waals surface area contributed by atoms with Crippen molar-refractivity contribution in [3.8, 4) is 5.75 Å². The molecule has 3 amide bonds. The number of hydrogen-bond donors (Lipinski definition) is 4. The second-order valence-electron chi connectivity index (χ2n) is 8.87. The van der Waals surface area contributed by atoms with Gasteiger partial charge in [0.1, 0.15) is 11.3 Å². The number of halogens is 2. The molecule has 1 spiro atoms. The van der Waals surface area contributed by atoms with Crippen LogP contribution < -0.4 is 10.6 Å². The van der Waals surface area contributed by atoms with Gasteiger partial charge in [-0.15, -0.1) is 0 Å². The summed E-state index contributed by atoms with van der Waals surface area (Å²) in [4.78, 5) is 26.2. The average molecular weight is 407 g/mol. The van der Waals surface area contributed by atoms with Crippen molar-refractivity contribution >= 4 is 11.9 Å². The van der Waals surface area contributed by atoms with E-state index in [0.29, 0.717) is 19.4 Å². The van der Waals surface area contributed by atoms with E-state index in [1.807, 2.05) is 0 Å². The lowest BCUT2D eigenvalue weighted by atomic mass is 9.46. The topological polar surface area (TPSA) is 102 Å². The first-order valence-electron chi connectivity index (χ1n) is 9.90. The summed E-state index contributed by atoms with van der Waals surface area (Å²) in [5.74, 6) is -0.369. The SMILES string of the molecule is O=C1NC(=O)[C@@]2(CC[C@@]3(O)[C@H]4Cc5ccc(O)cc5[C@@]3(CCN4CC(F)F)C2)N1. The number of fused-ring (bicyclic) bond motifs is 1. The summed E-state index contributed by atoms with van der Waals surface area (Å²) in [6.45, 7) is -0.0725. The molecule has 4 aliphatic rings. The number of phenolic OH excluding ortho intramolecular Hbond substituents is 1. The van der Waals surface area contributed by atoms with Crippen molar-refractivity contribution in [2.75, 3.05) is 13.1 Å². The zero-order valence-electron chi connectivity index (χ0n) is 15.8. The number of piperidine rings is 1. The van der Waals surface area contributed by atoms with Crippen LogP contribution in [0.1, 0.15) is 36.8 Å². The van der Waals surface area contributed by atoms with Gasteiger partial charge in [-0.2, -0.15) is 0 Å². The largest absolute Gasteiger partial charge is 0.508 e. The monoisotopic (exact) mass is 407 g/mol. The van der Waals surface area contributed by atoms with Gasteiger partial charge < -0.3 is 15.5 Å². The molecule has 2 aliphatic carbocycles. The summed E-state index contributed by atoms with van der Waals surface area (Å²) in [5, 5.41) is 27.1. The van der Waals surface area contributed by atoms with Gasteiger partial charge in [-0.25, -0.2) is 13.6 Å². The average Bonchev–Trinajstić information content (AvgIpc) is 2.91. The first-order valence-corrected chi connectivity index (χ1v) is 9.90. The van der Waals surface area contributed by atoms with Crippen LogP contribution in [0.4, 0.5) is 13.6 Å². The maximum atomic E-state index is 13.2. The Labute approximate surface area is 166 Å². The second-order valence-corrected chi connectivity index (χ2v) is 8.87. The normalized spacial score (nSPS) is 38.6. The highest BCUT2D eigenvalue weighted by Crippen LogP contribution is 2.60. The van der Waals surface area contributed by atoms with Crippen molar-refractivity contribution in [2.24, 2.45) is 0 Å². The molecule has 0 unspecified atom stereocenters. The van der Waals surface area contributed by atoms with Gasteiger partial charge in [0, 0.05) is 11.5 Å². The van der Waals surface area contributed by atoms with E-state index in [1.54, 1.807) is 23.1 Å². The minimum absolute atomic E-state index is 0.0495. The number of hydrogen-bond acceptors (Lipinski definition) is 5. The third kappa shape index (κ3) is 2.40. The number of aliphatic hydroxyl groups is 1. The van der Waals surface area contributed by atoms with Crippen LogP contribution in [-0.2, 0) is 16.6 Å². The third-order valence-electron chi connectivity index (χ3n) is 7.59. The molecule has 1 aromatic rings. The predicted octanol–water partition coefficient (Wildman–Crippen LogP) is 1.02. The Morgan fingerprint density at radius 2 is 2.03 bits per heavy atom. The van der Waals surface area contributed by atoms with Gasteiger partial charge in [0.05, 0.1) is 12.1 Å². The van der Waals surface area contributed by atoms with Crippen molar-refractivity contribution < 1.29 is 28.6 Å². The van der Waals surface area contributed by atoms with Crippen LogP contribution in [-0.4, -0.2) is 63.7 Å². The van der Waals surface area contributed by atoms with Crippen molar-refractivity contribution in [3.05, 3.63) is 29.3 Å². The Bertz CT molecular complexity index is 912. The molecule has 29 heavy (non-hydrogen) atoms.